The third kappa shape index (κ3) is 23.1. The average molecular weight is 451 g/mol. The van der Waals surface area contributed by atoms with E-state index in [9.17, 15) is 9.59 Å². The Labute approximate surface area is 197 Å². The minimum atomic E-state index is -0.788. The van der Waals surface area contributed by atoms with Crippen LogP contribution in [0.15, 0.2) is 24.3 Å². The Morgan fingerprint density at radius 3 is 1.88 bits per heavy atom. The number of allylic oxidation sites excluding steroid dienone is 4. The van der Waals surface area contributed by atoms with Crippen molar-refractivity contribution in [2.45, 2.75) is 142 Å². The maximum atomic E-state index is 12.0. The first-order valence-corrected chi connectivity index (χ1v) is 13.3. The molecular weight excluding hydrogens is 400 g/mol. The first-order valence-electron chi connectivity index (χ1n) is 13.3. The zero-order valence-electron chi connectivity index (χ0n) is 21.0. The minimum Gasteiger partial charge on any atom is -0.481 e. The van der Waals surface area contributed by atoms with Gasteiger partial charge < -0.3 is 9.84 Å². The van der Waals surface area contributed by atoms with E-state index in [0.717, 1.165) is 32.1 Å². The highest BCUT2D eigenvalue weighted by atomic mass is 16.5. The van der Waals surface area contributed by atoms with Gasteiger partial charge in [-0.1, -0.05) is 89.5 Å². The molecule has 0 bridgehead atoms. The predicted octanol–water partition coefficient (Wildman–Crippen LogP) is 8.55. The fourth-order valence-corrected chi connectivity index (χ4v) is 3.74. The normalized spacial score (nSPS) is 12.6. The Morgan fingerprint density at radius 2 is 1.28 bits per heavy atom. The number of carbonyl (C=O) groups excluding carboxylic acids is 1. The van der Waals surface area contributed by atoms with Gasteiger partial charge in [-0.2, -0.15) is 0 Å². The summed E-state index contributed by atoms with van der Waals surface area (Å²) in [5.74, 6) is -0.912. The molecule has 1 atom stereocenters. The van der Waals surface area contributed by atoms with Crippen LogP contribution in [0.4, 0.5) is 0 Å². The Balaban J connectivity index is 3.53. The second kappa shape index (κ2) is 24.1. The number of aliphatic carboxylic acids is 1. The van der Waals surface area contributed by atoms with Gasteiger partial charge in [-0.05, 0) is 57.8 Å². The largest absolute Gasteiger partial charge is 0.481 e. The second-order valence-electron chi connectivity index (χ2n) is 8.87. The van der Waals surface area contributed by atoms with E-state index in [0.29, 0.717) is 19.3 Å². The molecule has 0 aromatic heterocycles. The summed E-state index contributed by atoms with van der Waals surface area (Å²) in [6.45, 7) is 4.30. The summed E-state index contributed by atoms with van der Waals surface area (Å²) in [4.78, 5) is 22.7. The summed E-state index contributed by atoms with van der Waals surface area (Å²) in [6.07, 6.45) is 28.3. The lowest BCUT2D eigenvalue weighted by atomic mass is 10.1. The molecule has 0 rings (SSSR count). The van der Waals surface area contributed by atoms with Gasteiger partial charge in [0.25, 0.3) is 0 Å². The summed E-state index contributed by atoms with van der Waals surface area (Å²) in [6, 6.07) is 0. The van der Waals surface area contributed by atoms with Crippen molar-refractivity contribution in [1.29, 1.82) is 0 Å². The molecule has 0 aromatic carbocycles. The van der Waals surface area contributed by atoms with Crippen molar-refractivity contribution in [3.8, 4) is 0 Å². The lowest BCUT2D eigenvalue weighted by molar-refractivity contribution is -0.150. The van der Waals surface area contributed by atoms with E-state index < -0.39 is 5.97 Å². The molecule has 0 aromatic rings. The molecule has 1 N–H and O–H groups in total. The van der Waals surface area contributed by atoms with Crippen molar-refractivity contribution in [2.24, 2.45) is 0 Å². The third-order valence-electron chi connectivity index (χ3n) is 5.66. The molecule has 0 aliphatic heterocycles. The van der Waals surface area contributed by atoms with Gasteiger partial charge in [0.1, 0.15) is 6.10 Å². The molecule has 32 heavy (non-hydrogen) atoms. The zero-order valence-corrected chi connectivity index (χ0v) is 21.0. The number of hydrogen-bond acceptors (Lipinski definition) is 3. The van der Waals surface area contributed by atoms with E-state index in [1.165, 1.54) is 64.2 Å². The lowest BCUT2D eigenvalue weighted by Crippen LogP contribution is -2.18. The van der Waals surface area contributed by atoms with Crippen molar-refractivity contribution in [3.05, 3.63) is 24.3 Å². The van der Waals surface area contributed by atoms with Crippen LogP contribution < -0.4 is 0 Å². The first kappa shape index (κ1) is 30.4. The number of carbonyl (C=O) groups is 2. The van der Waals surface area contributed by atoms with Gasteiger partial charge in [0, 0.05) is 12.8 Å². The summed E-state index contributed by atoms with van der Waals surface area (Å²) >= 11 is 0. The molecule has 186 valence electrons. The smallest absolute Gasteiger partial charge is 0.306 e. The van der Waals surface area contributed by atoms with Crippen LogP contribution in [0.5, 0.6) is 0 Å². The highest BCUT2D eigenvalue weighted by Gasteiger charge is 2.14. The molecule has 0 fully saturated rings. The van der Waals surface area contributed by atoms with Crippen LogP contribution in [0.3, 0.4) is 0 Å². The second-order valence-corrected chi connectivity index (χ2v) is 8.87. The molecule has 4 heteroatoms. The van der Waals surface area contributed by atoms with Gasteiger partial charge in [0.15, 0.2) is 0 Å². The van der Waals surface area contributed by atoms with E-state index in [1.807, 2.05) is 0 Å². The van der Waals surface area contributed by atoms with Crippen molar-refractivity contribution in [3.63, 3.8) is 0 Å². The topological polar surface area (TPSA) is 63.6 Å². The molecule has 0 amide bonds. The van der Waals surface area contributed by atoms with Crippen LogP contribution >= 0.6 is 0 Å². The molecular formula is C28H50O4. The number of rotatable bonds is 23. The molecule has 0 spiro atoms. The molecule has 0 saturated heterocycles. The van der Waals surface area contributed by atoms with Crippen LogP contribution in [0.25, 0.3) is 0 Å². The first-order chi connectivity index (χ1) is 15.6. The number of unbranched alkanes of at least 4 members (excludes halogenated alkanes) is 10. The molecule has 1 unspecified atom stereocenters. The molecule has 0 aliphatic carbocycles. The quantitative estimate of drug-likeness (QED) is 0.0962. The Hall–Kier alpha value is -1.58. The van der Waals surface area contributed by atoms with Gasteiger partial charge in [0.2, 0.25) is 0 Å². The van der Waals surface area contributed by atoms with Gasteiger partial charge in [-0.3, -0.25) is 9.59 Å². The maximum absolute atomic E-state index is 12.0. The van der Waals surface area contributed by atoms with Crippen molar-refractivity contribution in [2.75, 3.05) is 0 Å². The monoisotopic (exact) mass is 450 g/mol. The van der Waals surface area contributed by atoms with Crippen molar-refractivity contribution in [1.82, 2.24) is 0 Å². The molecule has 0 saturated carbocycles. The van der Waals surface area contributed by atoms with E-state index in [-0.39, 0.29) is 18.5 Å². The highest BCUT2D eigenvalue weighted by molar-refractivity contribution is 5.69. The fourth-order valence-electron chi connectivity index (χ4n) is 3.74. The van der Waals surface area contributed by atoms with E-state index in [2.05, 4.69) is 38.2 Å². The molecule has 0 aliphatic rings. The fraction of sp³-hybridized carbons (Fsp3) is 0.786. The van der Waals surface area contributed by atoms with Crippen LogP contribution in [0.2, 0.25) is 0 Å². The summed E-state index contributed by atoms with van der Waals surface area (Å²) in [5.41, 5.74) is 0. The number of ether oxygens (including phenoxy) is 1. The van der Waals surface area contributed by atoms with Crippen LogP contribution in [0.1, 0.15) is 136 Å². The van der Waals surface area contributed by atoms with Crippen LogP contribution in [0, 0.1) is 0 Å². The number of carboxylic acid groups (broad SMARTS) is 1. The number of esters is 1. The average Bonchev–Trinajstić information content (AvgIpc) is 2.75. The molecule has 0 heterocycles. The predicted molar refractivity (Wildman–Crippen MR) is 135 cm³/mol. The number of carboxylic acids is 1. The molecule has 0 radical (unpaired) electrons. The van der Waals surface area contributed by atoms with Gasteiger partial charge in [0.05, 0.1) is 0 Å². The minimum absolute atomic E-state index is 0.122. The third-order valence-corrected chi connectivity index (χ3v) is 5.66. The summed E-state index contributed by atoms with van der Waals surface area (Å²) in [5, 5.41) is 8.74. The van der Waals surface area contributed by atoms with E-state index in [4.69, 9.17) is 9.84 Å². The van der Waals surface area contributed by atoms with Crippen LogP contribution in [-0.4, -0.2) is 23.1 Å². The maximum Gasteiger partial charge on any atom is 0.306 e. The molecule has 4 nitrogen and oxygen atoms in total. The van der Waals surface area contributed by atoms with Crippen molar-refractivity contribution < 1.29 is 19.4 Å². The lowest BCUT2D eigenvalue weighted by Gasteiger charge is -2.17. The van der Waals surface area contributed by atoms with E-state index >= 15 is 0 Å². The highest BCUT2D eigenvalue weighted by Crippen LogP contribution is 2.14. The van der Waals surface area contributed by atoms with Gasteiger partial charge in [-0.25, -0.2) is 0 Å². The Bertz CT molecular complexity index is 496. The number of hydrogen-bond donors (Lipinski definition) is 1. The van der Waals surface area contributed by atoms with E-state index in [1.54, 1.807) is 0 Å². The summed E-state index contributed by atoms with van der Waals surface area (Å²) in [7, 11) is 0. The Morgan fingerprint density at radius 1 is 0.688 bits per heavy atom. The zero-order chi connectivity index (χ0) is 23.7. The van der Waals surface area contributed by atoms with Gasteiger partial charge in [-0.15, -0.1) is 0 Å². The van der Waals surface area contributed by atoms with Crippen molar-refractivity contribution >= 4 is 11.9 Å². The standard InChI is InChI=1S/C28H50O4/c1-3-5-6-7-8-9-10-11-12-13-14-15-16-17-18-19-20-25-28(31)32-26(22-4-2)23-21-24-27(29)30/h8-9,11-12,26H,3-7,10,13-25H2,1-2H3,(H,29,30)/b9-8-,12-11-. The van der Waals surface area contributed by atoms with Crippen LogP contribution in [-0.2, 0) is 14.3 Å². The van der Waals surface area contributed by atoms with Gasteiger partial charge >= 0.3 is 11.9 Å². The SMILES string of the molecule is CCCCC/C=C\C/C=C\CCCCCCCCCC(=O)OC(CCC)CCCC(=O)O. The Kier molecular flexibility index (Phi) is 22.9. The summed E-state index contributed by atoms with van der Waals surface area (Å²) < 4.78 is 5.56.